The van der Waals surface area contributed by atoms with Gasteiger partial charge < -0.3 is 20.9 Å². The summed E-state index contributed by atoms with van der Waals surface area (Å²) in [5.74, 6) is 0.991. The lowest BCUT2D eigenvalue weighted by atomic mass is 9.91. The molecular formula is C19H30N6O. The first-order valence-electron chi connectivity index (χ1n) is 9.32. The fraction of sp³-hybridized carbons (Fsp3) is 0.632. The van der Waals surface area contributed by atoms with Crippen LogP contribution in [0.5, 0.6) is 0 Å². The van der Waals surface area contributed by atoms with Crippen molar-refractivity contribution in [2.45, 2.75) is 52.5 Å². The summed E-state index contributed by atoms with van der Waals surface area (Å²) in [5, 5.41) is 4.10. The monoisotopic (exact) mass is 358 g/mol. The predicted molar refractivity (Wildman–Crippen MR) is 104 cm³/mol. The van der Waals surface area contributed by atoms with Crippen molar-refractivity contribution >= 4 is 22.8 Å². The number of H-pyrrole nitrogens is 1. The van der Waals surface area contributed by atoms with Crippen molar-refractivity contribution in [1.29, 1.82) is 0 Å². The molecule has 7 heteroatoms. The van der Waals surface area contributed by atoms with E-state index in [1.807, 2.05) is 6.20 Å². The Morgan fingerprint density at radius 3 is 2.88 bits per heavy atom. The number of nitrogens with two attached hydrogens (primary N) is 1. The van der Waals surface area contributed by atoms with Crippen LogP contribution >= 0.6 is 0 Å². The molecule has 1 atom stereocenters. The second-order valence-electron chi connectivity index (χ2n) is 8.64. The van der Waals surface area contributed by atoms with E-state index in [1.54, 1.807) is 6.33 Å². The van der Waals surface area contributed by atoms with Crippen molar-refractivity contribution in [3.8, 4) is 0 Å². The van der Waals surface area contributed by atoms with Crippen LogP contribution in [0.15, 0.2) is 12.5 Å². The van der Waals surface area contributed by atoms with Crippen molar-refractivity contribution in [3.63, 3.8) is 0 Å². The number of carbonyl (C=O) groups excluding carboxylic acids is 1. The average Bonchev–Trinajstić information content (AvgIpc) is 3.15. The number of amides is 1. The number of hydrogen-bond donors (Lipinski definition) is 3. The topological polar surface area (TPSA) is 99.9 Å². The molecule has 0 radical (unpaired) electrons. The standard InChI is InChI=1S/C19H30N6O/c1-5-13-9-21-16-15(13)17(24-12-23-16)25-7-6-19(20,11-25)10-22-14(26)8-18(2,3)4/h9,12H,5-8,10-11,20H2,1-4H3,(H,22,26)(H,21,23,24)/t19-/m0/s1. The Bertz CT molecular complexity index is 793. The van der Waals surface area contributed by atoms with Crippen molar-refractivity contribution in [2.75, 3.05) is 24.5 Å². The van der Waals surface area contributed by atoms with Crippen LogP contribution in [0.2, 0.25) is 0 Å². The van der Waals surface area contributed by atoms with Gasteiger partial charge in [-0.2, -0.15) is 0 Å². The van der Waals surface area contributed by atoms with E-state index in [4.69, 9.17) is 5.73 Å². The van der Waals surface area contributed by atoms with Gasteiger partial charge >= 0.3 is 0 Å². The average molecular weight is 358 g/mol. The molecule has 3 heterocycles. The number of anilines is 1. The molecule has 1 saturated heterocycles. The molecule has 0 bridgehead atoms. The molecule has 2 aromatic heterocycles. The summed E-state index contributed by atoms with van der Waals surface area (Å²) in [6.45, 7) is 10.3. The summed E-state index contributed by atoms with van der Waals surface area (Å²) in [7, 11) is 0. The molecule has 142 valence electrons. The molecule has 26 heavy (non-hydrogen) atoms. The summed E-state index contributed by atoms with van der Waals surface area (Å²) >= 11 is 0. The van der Waals surface area contributed by atoms with Gasteiger partial charge in [0.2, 0.25) is 5.91 Å². The van der Waals surface area contributed by atoms with Crippen molar-refractivity contribution < 1.29 is 4.79 Å². The Labute approximate surface area is 154 Å². The quantitative estimate of drug-likeness (QED) is 0.759. The number of fused-ring (bicyclic) bond motifs is 1. The summed E-state index contributed by atoms with van der Waals surface area (Å²) in [6, 6.07) is 0. The third-order valence-electron chi connectivity index (χ3n) is 4.93. The fourth-order valence-corrected chi connectivity index (χ4v) is 3.57. The number of hydrogen-bond acceptors (Lipinski definition) is 5. The van der Waals surface area contributed by atoms with Crippen LogP contribution in [0.4, 0.5) is 5.82 Å². The highest BCUT2D eigenvalue weighted by Gasteiger charge is 2.36. The minimum absolute atomic E-state index is 0.0229. The zero-order chi connectivity index (χ0) is 18.9. The maximum absolute atomic E-state index is 12.1. The van der Waals surface area contributed by atoms with E-state index in [0.29, 0.717) is 19.5 Å². The van der Waals surface area contributed by atoms with Crippen molar-refractivity contribution in [2.24, 2.45) is 11.1 Å². The van der Waals surface area contributed by atoms with Crippen LogP contribution in [0.3, 0.4) is 0 Å². The van der Waals surface area contributed by atoms with Crippen molar-refractivity contribution in [1.82, 2.24) is 20.3 Å². The molecule has 1 amide bonds. The molecule has 3 rings (SSSR count). The van der Waals surface area contributed by atoms with Crippen LogP contribution in [-0.4, -0.2) is 46.0 Å². The highest BCUT2D eigenvalue weighted by atomic mass is 16.1. The lowest BCUT2D eigenvalue weighted by Gasteiger charge is -2.26. The van der Waals surface area contributed by atoms with E-state index in [1.165, 1.54) is 5.56 Å². The van der Waals surface area contributed by atoms with Gasteiger partial charge in [-0.15, -0.1) is 0 Å². The third-order valence-corrected chi connectivity index (χ3v) is 4.93. The summed E-state index contributed by atoms with van der Waals surface area (Å²) in [5.41, 5.74) is 8.19. The van der Waals surface area contributed by atoms with Crippen LogP contribution in [0.25, 0.3) is 11.0 Å². The Morgan fingerprint density at radius 2 is 2.19 bits per heavy atom. The SMILES string of the molecule is CCc1c[nH]c2ncnc(N3CC[C@](N)(CNC(=O)CC(C)(C)C)C3)c12. The first-order valence-corrected chi connectivity index (χ1v) is 9.32. The molecule has 0 aromatic carbocycles. The zero-order valence-electron chi connectivity index (χ0n) is 16.2. The van der Waals surface area contributed by atoms with Gasteiger partial charge in [-0.3, -0.25) is 4.79 Å². The number of rotatable bonds is 5. The smallest absolute Gasteiger partial charge is 0.220 e. The number of aromatic amines is 1. The van der Waals surface area contributed by atoms with E-state index in [-0.39, 0.29) is 11.3 Å². The molecule has 0 unspecified atom stereocenters. The molecule has 1 aliphatic rings. The molecule has 0 spiro atoms. The number of nitrogens with one attached hydrogen (secondary N) is 2. The number of aromatic nitrogens is 3. The highest BCUT2D eigenvalue weighted by molar-refractivity contribution is 5.91. The predicted octanol–water partition coefficient (Wildman–Crippen LogP) is 1.98. The minimum Gasteiger partial charge on any atom is -0.354 e. The van der Waals surface area contributed by atoms with Gasteiger partial charge in [-0.25, -0.2) is 9.97 Å². The number of aryl methyl sites for hydroxylation is 1. The van der Waals surface area contributed by atoms with Gasteiger partial charge in [-0.05, 0) is 23.8 Å². The van der Waals surface area contributed by atoms with Gasteiger partial charge in [0.15, 0.2) is 0 Å². The minimum atomic E-state index is -0.437. The maximum atomic E-state index is 12.1. The lowest BCUT2D eigenvalue weighted by Crippen LogP contribution is -2.52. The van der Waals surface area contributed by atoms with Crippen LogP contribution in [-0.2, 0) is 11.2 Å². The van der Waals surface area contributed by atoms with E-state index in [9.17, 15) is 4.79 Å². The maximum Gasteiger partial charge on any atom is 0.220 e. The molecule has 0 saturated carbocycles. The van der Waals surface area contributed by atoms with Gasteiger partial charge in [0.1, 0.15) is 17.8 Å². The van der Waals surface area contributed by atoms with E-state index in [2.05, 4.69) is 52.9 Å². The van der Waals surface area contributed by atoms with Crippen LogP contribution in [0.1, 0.15) is 46.1 Å². The Morgan fingerprint density at radius 1 is 1.42 bits per heavy atom. The Balaban J connectivity index is 1.70. The molecule has 0 aliphatic carbocycles. The normalized spacial score (nSPS) is 20.7. The summed E-state index contributed by atoms with van der Waals surface area (Å²) in [4.78, 5) is 26.4. The molecule has 7 nitrogen and oxygen atoms in total. The zero-order valence-corrected chi connectivity index (χ0v) is 16.2. The second-order valence-corrected chi connectivity index (χ2v) is 8.64. The Kier molecular flexibility index (Phi) is 4.92. The van der Waals surface area contributed by atoms with Crippen LogP contribution < -0.4 is 16.0 Å². The van der Waals surface area contributed by atoms with Gasteiger partial charge in [0.25, 0.3) is 0 Å². The number of nitrogens with zero attached hydrogens (tertiary/aromatic N) is 3. The first-order chi connectivity index (χ1) is 12.2. The van der Waals surface area contributed by atoms with Gasteiger partial charge in [0, 0.05) is 32.3 Å². The van der Waals surface area contributed by atoms with Crippen LogP contribution in [0, 0.1) is 5.41 Å². The molecule has 2 aromatic rings. The largest absolute Gasteiger partial charge is 0.354 e. The summed E-state index contributed by atoms with van der Waals surface area (Å²) < 4.78 is 0. The molecule has 1 aliphatic heterocycles. The van der Waals surface area contributed by atoms with Gasteiger partial charge in [0.05, 0.1) is 10.9 Å². The fourth-order valence-electron chi connectivity index (χ4n) is 3.57. The highest BCUT2D eigenvalue weighted by Crippen LogP contribution is 2.31. The molecule has 4 N–H and O–H groups in total. The van der Waals surface area contributed by atoms with Crippen molar-refractivity contribution in [3.05, 3.63) is 18.1 Å². The molecular weight excluding hydrogens is 328 g/mol. The van der Waals surface area contributed by atoms with Gasteiger partial charge in [-0.1, -0.05) is 27.7 Å². The third kappa shape index (κ3) is 3.98. The summed E-state index contributed by atoms with van der Waals surface area (Å²) in [6.07, 6.45) is 5.84. The number of carbonyl (C=O) groups is 1. The first kappa shape index (κ1) is 18.6. The second kappa shape index (κ2) is 6.87. The van der Waals surface area contributed by atoms with E-state index >= 15 is 0 Å². The lowest BCUT2D eigenvalue weighted by molar-refractivity contribution is -0.123. The van der Waals surface area contributed by atoms with E-state index in [0.717, 1.165) is 36.2 Å². The molecule has 1 fully saturated rings. The van der Waals surface area contributed by atoms with E-state index < -0.39 is 5.54 Å². The Hall–Kier alpha value is -2.15.